The molecule has 3 aromatic carbocycles. The Morgan fingerprint density at radius 2 is 1.17 bits per heavy atom. The zero-order valence-corrected chi connectivity index (χ0v) is 27.1. The van der Waals surface area contributed by atoms with Crippen LogP contribution in [-0.2, 0) is 25.7 Å². The molecule has 0 saturated carbocycles. The van der Waals surface area contributed by atoms with Crippen LogP contribution < -0.4 is 24.8 Å². The zero-order chi connectivity index (χ0) is 27.7. The Hall–Kier alpha value is -2.15. The summed E-state index contributed by atoms with van der Waals surface area (Å²) in [4.78, 5) is 0. The predicted molar refractivity (Wildman–Crippen MR) is 178 cm³/mol. The lowest BCUT2D eigenvalue weighted by molar-refractivity contribution is 0.351. The van der Waals surface area contributed by atoms with Crippen molar-refractivity contribution in [3.8, 4) is 17.2 Å². The SMILES string of the molecule is COc1ccc(CCc2c(CCNCCCCCCNCCc3ccccc3)cc(Cl)c(OC)c2OC)cc1.Cl.Cl. The third-order valence-corrected chi connectivity index (χ3v) is 7.36. The number of ether oxygens (including phenoxy) is 3. The minimum absolute atomic E-state index is 0. The van der Waals surface area contributed by atoms with Crippen LogP contribution in [0.2, 0.25) is 5.02 Å². The van der Waals surface area contributed by atoms with Crippen molar-refractivity contribution in [2.24, 2.45) is 0 Å². The third-order valence-electron chi connectivity index (χ3n) is 7.08. The van der Waals surface area contributed by atoms with Crippen LogP contribution in [0, 0.1) is 0 Å². The van der Waals surface area contributed by atoms with Gasteiger partial charge in [-0.15, -0.1) is 24.8 Å². The second-order valence-corrected chi connectivity index (χ2v) is 10.2. The summed E-state index contributed by atoms with van der Waals surface area (Å²) in [6.45, 7) is 4.08. The second-order valence-electron chi connectivity index (χ2n) is 9.81. The van der Waals surface area contributed by atoms with E-state index in [0.717, 1.165) is 68.9 Å². The molecular formula is C33H47Cl3N2O3. The number of nitrogens with one attached hydrogen (secondary N) is 2. The molecule has 0 fully saturated rings. The highest BCUT2D eigenvalue weighted by molar-refractivity contribution is 6.32. The molecule has 0 amide bonds. The molecule has 3 aromatic rings. The van der Waals surface area contributed by atoms with Crippen LogP contribution in [0.15, 0.2) is 60.7 Å². The predicted octanol–water partition coefficient (Wildman–Crippen LogP) is 7.52. The van der Waals surface area contributed by atoms with Crippen molar-refractivity contribution in [1.29, 1.82) is 0 Å². The Labute approximate surface area is 264 Å². The summed E-state index contributed by atoms with van der Waals surface area (Å²) in [5.41, 5.74) is 5.02. The molecule has 5 nitrogen and oxygen atoms in total. The summed E-state index contributed by atoms with van der Waals surface area (Å²) in [5.74, 6) is 2.22. The summed E-state index contributed by atoms with van der Waals surface area (Å²) in [7, 11) is 5.01. The lowest BCUT2D eigenvalue weighted by Gasteiger charge is -2.19. The van der Waals surface area contributed by atoms with Gasteiger partial charge in [-0.3, -0.25) is 0 Å². The van der Waals surface area contributed by atoms with Crippen LogP contribution >= 0.6 is 36.4 Å². The molecule has 0 saturated heterocycles. The van der Waals surface area contributed by atoms with Crippen LogP contribution in [0.5, 0.6) is 17.2 Å². The smallest absolute Gasteiger partial charge is 0.179 e. The van der Waals surface area contributed by atoms with E-state index in [-0.39, 0.29) is 24.8 Å². The van der Waals surface area contributed by atoms with Gasteiger partial charge >= 0.3 is 0 Å². The highest BCUT2D eigenvalue weighted by atomic mass is 35.5. The van der Waals surface area contributed by atoms with Crippen molar-refractivity contribution in [3.05, 3.63) is 87.9 Å². The van der Waals surface area contributed by atoms with Gasteiger partial charge in [0.25, 0.3) is 0 Å². The number of rotatable bonds is 19. The van der Waals surface area contributed by atoms with E-state index in [2.05, 4.69) is 53.1 Å². The molecule has 2 N–H and O–H groups in total. The average Bonchev–Trinajstić information content (AvgIpc) is 2.97. The lowest BCUT2D eigenvalue weighted by Crippen LogP contribution is -2.20. The Balaban J connectivity index is 0.00000420. The first kappa shape index (κ1) is 36.9. The van der Waals surface area contributed by atoms with Crippen LogP contribution in [0.1, 0.15) is 47.9 Å². The maximum Gasteiger partial charge on any atom is 0.179 e. The third kappa shape index (κ3) is 12.7. The number of benzene rings is 3. The van der Waals surface area contributed by atoms with Crippen LogP contribution in [0.25, 0.3) is 0 Å². The van der Waals surface area contributed by atoms with E-state index >= 15 is 0 Å². The Morgan fingerprint density at radius 3 is 1.76 bits per heavy atom. The number of aryl methyl sites for hydroxylation is 1. The minimum Gasteiger partial charge on any atom is -0.497 e. The van der Waals surface area contributed by atoms with Crippen molar-refractivity contribution in [1.82, 2.24) is 10.6 Å². The molecule has 0 bridgehead atoms. The topological polar surface area (TPSA) is 51.8 Å². The lowest BCUT2D eigenvalue weighted by atomic mass is 9.96. The molecule has 0 aliphatic heterocycles. The molecule has 41 heavy (non-hydrogen) atoms. The minimum atomic E-state index is 0. The Kier molecular flexibility index (Phi) is 19.4. The fourth-order valence-corrected chi connectivity index (χ4v) is 5.16. The molecule has 0 aliphatic rings. The van der Waals surface area contributed by atoms with Gasteiger partial charge in [-0.05, 0) is 99.6 Å². The van der Waals surface area contributed by atoms with E-state index in [9.17, 15) is 0 Å². The molecule has 228 valence electrons. The van der Waals surface area contributed by atoms with Crippen LogP contribution in [0.4, 0.5) is 0 Å². The Morgan fingerprint density at radius 1 is 0.585 bits per heavy atom. The number of hydrogen-bond acceptors (Lipinski definition) is 5. The number of unbranched alkanes of at least 4 members (excludes halogenated alkanes) is 3. The molecule has 0 heterocycles. The van der Waals surface area contributed by atoms with Gasteiger partial charge in [0.05, 0.1) is 26.4 Å². The van der Waals surface area contributed by atoms with Gasteiger partial charge in [-0.1, -0.05) is 66.9 Å². The van der Waals surface area contributed by atoms with Crippen molar-refractivity contribution < 1.29 is 14.2 Å². The first-order valence-electron chi connectivity index (χ1n) is 14.2. The van der Waals surface area contributed by atoms with Gasteiger partial charge in [-0.2, -0.15) is 0 Å². The van der Waals surface area contributed by atoms with Crippen molar-refractivity contribution >= 4 is 36.4 Å². The average molecular weight is 626 g/mol. The summed E-state index contributed by atoms with van der Waals surface area (Å²) < 4.78 is 16.7. The maximum absolute atomic E-state index is 6.57. The van der Waals surface area contributed by atoms with E-state index in [1.54, 1.807) is 21.3 Å². The molecular weight excluding hydrogens is 579 g/mol. The molecule has 8 heteroatoms. The van der Waals surface area contributed by atoms with Crippen LogP contribution in [0.3, 0.4) is 0 Å². The van der Waals surface area contributed by atoms with E-state index in [0.29, 0.717) is 10.8 Å². The van der Waals surface area contributed by atoms with Gasteiger partial charge < -0.3 is 24.8 Å². The number of methoxy groups -OCH3 is 3. The highest BCUT2D eigenvalue weighted by Gasteiger charge is 2.19. The van der Waals surface area contributed by atoms with Gasteiger partial charge in [0.1, 0.15) is 5.75 Å². The fraction of sp³-hybridized carbons (Fsp3) is 0.455. The van der Waals surface area contributed by atoms with Gasteiger partial charge in [0.2, 0.25) is 0 Å². The summed E-state index contributed by atoms with van der Waals surface area (Å²) in [6.07, 6.45) is 8.67. The summed E-state index contributed by atoms with van der Waals surface area (Å²) >= 11 is 6.57. The molecule has 0 aliphatic carbocycles. The quantitative estimate of drug-likeness (QED) is 0.135. The van der Waals surface area contributed by atoms with Crippen molar-refractivity contribution in [2.75, 3.05) is 47.5 Å². The number of hydrogen-bond donors (Lipinski definition) is 2. The van der Waals surface area contributed by atoms with Gasteiger partial charge in [0.15, 0.2) is 11.5 Å². The normalized spacial score (nSPS) is 10.4. The fourth-order valence-electron chi connectivity index (χ4n) is 4.87. The molecule has 0 aromatic heterocycles. The van der Waals surface area contributed by atoms with Crippen molar-refractivity contribution in [3.63, 3.8) is 0 Å². The standard InChI is InChI=1S/C33H45ClN2O3.2ClH/c1-37-29-16-13-27(14-17-29)15-18-30-28(25-31(34)33(39-3)32(30)38-2)20-24-36-22-10-5-4-9-21-35-23-19-26-11-7-6-8-12-26;;/h6-8,11-14,16-17,25,35-36H,4-5,9-10,15,18-24H2,1-3H3;2*1H. The highest BCUT2D eigenvalue weighted by Crippen LogP contribution is 2.41. The summed E-state index contributed by atoms with van der Waals surface area (Å²) in [6, 6.07) is 20.9. The van der Waals surface area contributed by atoms with E-state index in [1.165, 1.54) is 42.4 Å². The largest absolute Gasteiger partial charge is 0.497 e. The molecule has 3 rings (SSSR count). The first-order chi connectivity index (χ1) is 19.2. The van der Waals surface area contributed by atoms with E-state index in [1.807, 2.05) is 18.2 Å². The van der Waals surface area contributed by atoms with Gasteiger partial charge in [-0.25, -0.2) is 0 Å². The molecule has 0 radical (unpaired) electrons. The molecule has 0 unspecified atom stereocenters. The second kappa shape index (κ2) is 21.5. The van der Waals surface area contributed by atoms with Crippen molar-refractivity contribution in [2.45, 2.75) is 51.4 Å². The molecule has 0 spiro atoms. The first-order valence-corrected chi connectivity index (χ1v) is 14.5. The maximum atomic E-state index is 6.57. The van der Waals surface area contributed by atoms with E-state index < -0.39 is 0 Å². The Bertz CT molecular complexity index is 1100. The van der Waals surface area contributed by atoms with Gasteiger partial charge in [0, 0.05) is 5.56 Å². The number of halogens is 3. The monoisotopic (exact) mass is 624 g/mol. The molecule has 0 atom stereocenters. The van der Waals surface area contributed by atoms with Crippen LogP contribution in [-0.4, -0.2) is 47.5 Å². The summed E-state index contributed by atoms with van der Waals surface area (Å²) in [5, 5.41) is 7.78. The van der Waals surface area contributed by atoms with E-state index in [4.69, 9.17) is 25.8 Å². The zero-order valence-electron chi connectivity index (χ0n) is 24.7.